The number of urea groups is 2. The maximum absolute atomic E-state index is 13.0. The minimum absolute atomic E-state index is 0.0278. The Balaban J connectivity index is 1.95. The van der Waals surface area contributed by atoms with E-state index in [0.717, 1.165) is 32.1 Å². The highest BCUT2D eigenvalue weighted by Gasteiger charge is 2.24. The van der Waals surface area contributed by atoms with Gasteiger partial charge >= 0.3 is 12.1 Å². The van der Waals surface area contributed by atoms with Crippen molar-refractivity contribution >= 4 is 45.3 Å². The van der Waals surface area contributed by atoms with E-state index in [1.54, 1.807) is 4.90 Å². The number of halogens is 2. The fraction of sp³-hybridized carbons (Fsp3) is 0.692. The van der Waals surface area contributed by atoms with Gasteiger partial charge in [-0.2, -0.15) is 0 Å². The third-order valence-electron chi connectivity index (χ3n) is 6.25. The van der Waals surface area contributed by atoms with E-state index in [1.165, 1.54) is 18.2 Å². The monoisotopic (exact) mass is 591 g/mol. The second kappa shape index (κ2) is 15.7. The third-order valence-corrected chi connectivity index (χ3v) is 8.43. The zero-order valence-corrected chi connectivity index (χ0v) is 25.2. The van der Waals surface area contributed by atoms with Crippen LogP contribution in [0, 0.1) is 5.92 Å². The van der Waals surface area contributed by atoms with Crippen LogP contribution in [0.3, 0.4) is 0 Å². The number of sulfonamides is 1. The van der Waals surface area contributed by atoms with E-state index in [0.29, 0.717) is 36.9 Å². The molecule has 12 heteroatoms. The van der Waals surface area contributed by atoms with Crippen LogP contribution in [-0.2, 0) is 10.0 Å². The highest BCUT2D eigenvalue weighted by Crippen LogP contribution is 2.24. The summed E-state index contributed by atoms with van der Waals surface area (Å²) in [5, 5.41) is 9.49. The molecule has 0 spiro atoms. The Bertz CT molecular complexity index is 1020. The average Bonchev–Trinajstić information content (AvgIpc) is 3.29. The molecule has 38 heavy (non-hydrogen) atoms. The Morgan fingerprint density at radius 1 is 1.05 bits per heavy atom. The number of unbranched alkanes of at least 4 members (excludes halogenated alkanes) is 1. The molecule has 9 nitrogen and oxygen atoms in total. The highest BCUT2D eigenvalue weighted by atomic mass is 35.5. The van der Waals surface area contributed by atoms with Gasteiger partial charge in [-0.05, 0) is 70.1 Å². The summed E-state index contributed by atoms with van der Waals surface area (Å²) < 4.78 is 27.8. The first-order chi connectivity index (χ1) is 17.9. The summed E-state index contributed by atoms with van der Waals surface area (Å²) in [7, 11) is -3.78. The molecule has 4 amide bonds. The van der Waals surface area contributed by atoms with Crippen LogP contribution in [0.1, 0.15) is 72.6 Å². The van der Waals surface area contributed by atoms with Gasteiger partial charge in [0.05, 0.1) is 5.02 Å². The molecule has 0 heterocycles. The normalized spacial score (nSPS) is 15.1. The van der Waals surface area contributed by atoms with Gasteiger partial charge in [0.1, 0.15) is 4.90 Å². The Morgan fingerprint density at radius 3 is 2.34 bits per heavy atom. The molecule has 0 bridgehead atoms. The first kappa shape index (κ1) is 32.5. The van der Waals surface area contributed by atoms with Crippen LogP contribution in [0.4, 0.5) is 9.59 Å². The lowest BCUT2D eigenvalue weighted by Gasteiger charge is -2.30. The number of benzene rings is 1. The number of amides is 4. The number of carbonyl (C=O) groups excluding carboxylic acids is 2. The first-order valence-corrected chi connectivity index (χ1v) is 15.7. The number of hydrogen-bond donors (Lipinski definition) is 4. The molecule has 1 fully saturated rings. The predicted molar refractivity (Wildman–Crippen MR) is 153 cm³/mol. The van der Waals surface area contributed by atoms with Gasteiger partial charge in [0.2, 0.25) is 10.0 Å². The summed E-state index contributed by atoms with van der Waals surface area (Å²) in [6.45, 7) is 8.93. The molecule has 0 aliphatic heterocycles. The van der Waals surface area contributed by atoms with Crippen molar-refractivity contribution in [1.82, 2.24) is 25.6 Å². The van der Waals surface area contributed by atoms with Crippen LogP contribution in [0.25, 0.3) is 0 Å². The molecule has 0 saturated heterocycles. The smallest absolute Gasteiger partial charge is 0.317 e. The lowest BCUT2D eigenvalue weighted by atomic mass is 10.0. The Morgan fingerprint density at radius 2 is 1.74 bits per heavy atom. The van der Waals surface area contributed by atoms with Crippen LogP contribution in [0.15, 0.2) is 23.1 Å². The van der Waals surface area contributed by atoms with Gasteiger partial charge in [-0.25, -0.2) is 22.7 Å². The van der Waals surface area contributed by atoms with Gasteiger partial charge in [0, 0.05) is 42.8 Å². The number of rotatable bonds is 14. The fourth-order valence-corrected chi connectivity index (χ4v) is 6.36. The molecule has 1 aromatic rings. The molecule has 1 atom stereocenters. The Hall–Kier alpha value is -1.75. The molecule has 4 N–H and O–H groups in total. The maximum Gasteiger partial charge on any atom is 0.317 e. The first-order valence-electron chi connectivity index (χ1n) is 13.4. The lowest BCUT2D eigenvalue weighted by molar-refractivity contribution is 0.182. The second-order valence-corrected chi connectivity index (χ2v) is 13.2. The quantitative estimate of drug-likeness (QED) is 0.224. The van der Waals surface area contributed by atoms with Crippen LogP contribution in [-0.4, -0.2) is 63.1 Å². The van der Waals surface area contributed by atoms with Gasteiger partial charge in [0.15, 0.2) is 0 Å². The third kappa shape index (κ3) is 11.6. The average molecular weight is 593 g/mol. The molecular weight excluding hydrogens is 549 g/mol. The summed E-state index contributed by atoms with van der Waals surface area (Å²) in [6, 6.07) is 3.80. The van der Waals surface area contributed by atoms with E-state index >= 15 is 0 Å². The van der Waals surface area contributed by atoms with Crippen molar-refractivity contribution in [1.29, 1.82) is 0 Å². The topological polar surface area (TPSA) is 120 Å². The predicted octanol–water partition coefficient (Wildman–Crippen LogP) is 5.13. The summed E-state index contributed by atoms with van der Waals surface area (Å²) >= 11 is 11.9. The fourth-order valence-electron chi connectivity index (χ4n) is 4.52. The van der Waals surface area contributed by atoms with Crippen LogP contribution in [0.2, 0.25) is 10.0 Å². The number of nitrogens with one attached hydrogen (secondary N) is 4. The number of carbonyl (C=O) groups is 2. The van der Waals surface area contributed by atoms with Crippen molar-refractivity contribution in [3.8, 4) is 0 Å². The summed E-state index contributed by atoms with van der Waals surface area (Å²) in [5.74, 6) is 0.330. The van der Waals surface area contributed by atoms with E-state index < -0.39 is 10.0 Å². The van der Waals surface area contributed by atoms with E-state index in [2.05, 4.69) is 34.5 Å². The van der Waals surface area contributed by atoms with Crippen molar-refractivity contribution in [2.24, 2.45) is 5.92 Å². The van der Waals surface area contributed by atoms with E-state index in [9.17, 15) is 18.0 Å². The minimum atomic E-state index is -3.78. The second-order valence-electron chi connectivity index (χ2n) is 10.7. The van der Waals surface area contributed by atoms with Gasteiger partial charge < -0.3 is 20.9 Å². The van der Waals surface area contributed by atoms with Gasteiger partial charge in [-0.1, -0.05) is 49.9 Å². The lowest BCUT2D eigenvalue weighted by Crippen LogP contribution is -2.53. The zero-order chi connectivity index (χ0) is 28.3. The zero-order valence-electron chi connectivity index (χ0n) is 22.9. The van der Waals surface area contributed by atoms with Crippen LogP contribution >= 0.6 is 23.2 Å². The van der Waals surface area contributed by atoms with E-state index in [1.807, 2.05) is 13.8 Å². The molecule has 1 saturated carbocycles. The number of nitrogens with zero attached hydrogens (tertiary/aromatic N) is 1. The molecule has 0 radical (unpaired) electrons. The molecule has 2 rings (SSSR count). The van der Waals surface area contributed by atoms with Crippen molar-refractivity contribution in [2.45, 2.75) is 95.7 Å². The minimum Gasteiger partial charge on any atom is -0.336 e. The Labute approximate surface area is 237 Å². The van der Waals surface area contributed by atoms with Crippen molar-refractivity contribution in [3.05, 3.63) is 28.2 Å². The molecule has 1 unspecified atom stereocenters. The summed E-state index contributed by atoms with van der Waals surface area (Å²) in [4.78, 5) is 27.3. The number of hydrogen-bond acceptors (Lipinski definition) is 4. The molecule has 216 valence electrons. The standard InChI is InChI=1S/C26H43Cl2N5O4S/c1-18(2)15-22(32-25(34)31-21-9-5-6-10-21)17-33(26(35)30-19(3)4)14-8-7-13-29-38(36,37)24-12-11-20(27)16-23(24)28/h11-12,16,18-19,21-22,29H,5-10,13-15,17H2,1-4H3,(H,30,35)(H2,31,32,34). The van der Waals surface area contributed by atoms with Crippen LogP contribution in [0.5, 0.6) is 0 Å². The molecule has 1 aliphatic rings. The van der Waals surface area contributed by atoms with Crippen molar-refractivity contribution in [2.75, 3.05) is 19.6 Å². The summed E-state index contributed by atoms with van der Waals surface area (Å²) in [6.07, 6.45) is 6.08. The molecule has 1 aliphatic carbocycles. The maximum atomic E-state index is 13.0. The largest absolute Gasteiger partial charge is 0.336 e. The van der Waals surface area contributed by atoms with Crippen LogP contribution < -0.4 is 20.7 Å². The van der Waals surface area contributed by atoms with Gasteiger partial charge in [-0.3, -0.25) is 0 Å². The van der Waals surface area contributed by atoms with Gasteiger partial charge in [0.25, 0.3) is 0 Å². The van der Waals surface area contributed by atoms with E-state index in [4.69, 9.17) is 23.2 Å². The molecule has 1 aromatic carbocycles. The highest BCUT2D eigenvalue weighted by molar-refractivity contribution is 7.89. The SMILES string of the molecule is CC(C)CC(CN(CCCCNS(=O)(=O)c1ccc(Cl)cc1Cl)C(=O)NC(C)C)NC(=O)NC1CCCC1. The van der Waals surface area contributed by atoms with Crippen molar-refractivity contribution in [3.63, 3.8) is 0 Å². The summed E-state index contributed by atoms with van der Waals surface area (Å²) in [5.41, 5.74) is 0. The van der Waals surface area contributed by atoms with Gasteiger partial charge in [-0.15, -0.1) is 0 Å². The van der Waals surface area contributed by atoms with E-state index in [-0.39, 0.29) is 46.7 Å². The van der Waals surface area contributed by atoms with Crippen molar-refractivity contribution < 1.29 is 18.0 Å². The molecular formula is C26H43Cl2N5O4S. The Kier molecular flexibility index (Phi) is 13.4. The molecule has 0 aromatic heterocycles.